The van der Waals surface area contributed by atoms with Crippen molar-refractivity contribution in [1.29, 1.82) is 0 Å². The summed E-state index contributed by atoms with van der Waals surface area (Å²) < 4.78 is 67.0. The predicted octanol–water partition coefficient (Wildman–Crippen LogP) is 2.50. The molecular weight excluding hydrogens is 561 g/mol. The number of aryl methyl sites for hydroxylation is 2. The summed E-state index contributed by atoms with van der Waals surface area (Å²) in [5, 5.41) is 12.3. The van der Waals surface area contributed by atoms with Gasteiger partial charge in [-0.3, -0.25) is 14.6 Å². The molecule has 0 radical (unpaired) electrons. The molecule has 41 heavy (non-hydrogen) atoms. The number of piperidine rings is 1. The number of aliphatic imine (C=N–C) groups is 1. The Labute approximate surface area is 236 Å². The van der Waals surface area contributed by atoms with Crippen LogP contribution in [0.25, 0.3) is 0 Å². The van der Waals surface area contributed by atoms with Gasteiger partial charge < -0.3 is 15.3 Å². The summed E-state index contributed by atoms with van der Waals surface area (Å²) in [5.41, 5.74) is 0.148. The molecular formula is C28H31F3N4O5S. The first-order valence-electron chi connectivity index (χ1n) is 13.4. The number of nitrogens with zero attached hydrogens (tertiary/aromatic N) is 3. The van der Waals surface area contributed by atoms with Crippen LogP contribution in [0.3, 0.4) is 0 Å². The van der Waals surface area contributed by atoms with Crippen molar-refractivity contribution in [1.82, 2.24) is 14.5 Å². The topological polar surface area (TPSA) is 119 Å². The van der Waals surface area contributed by atoms with Gasteiger partial charge in [0.2, 0.25) is 10.0 Å². The number of alkyl halides is 3. The van der Waals surface area contributed by atoms with Crippen molar-refractivity contribution < 1.29 is 36.3 Å². The fourth-order valence-corrected chi connectivity index (χ4v) is 7.03. The maximum atomic E-state index is 13.2. The third kappa shape index (κ3) is 6.02. The van der Waals surface area contributed by atoms with Crippen molar-refractivity contribution in [2.24, 2.45) is 4.99 Å². The van der Waals surface area contributed by atoms with E-state index in [4.69, 9.17) is 0 Å². The third-order valence-electron chi connectivity index (χ3n) is 8.06. The molecule has 3 heterocycles. The lowest BCUT2D eigenvalue weighted by molar-refractivity contribution is -0.137. The number of likely N-dealkylation sites (tertiary alicyclic amines) is 1. The van der Waals surface area contributed by atoms with Crippen LogP contribution in [0.5, 0.6) is 0 Å². The van der Waals surface area contributed by atoms with Gasteiger partial charge in [0.25, 0.3) is 11.8 Å². The highest BCUT2D eigenvalue weighted by molar-refractivity contribution is 7.89. The molecule has 2 N–H and O–H groups in total. The molecule has 0 bridgehead atoms. The molecule has 0 aromatic heterocycles. The number of β-amino-alcohol motifs (C(OH)–C–C–N with tert-alkyl or cyclic N) is 1. The minimum Gasteiger partial charge on any atom is -0.391 e. The molecule has 0 aliphatic carbocycles. The Kier molecular flexibility index (Phi) is 7.72. The molecule has 220 valence electrons. The van der Waals surface area contributed by atoms with Gasteiger partial charge in [0, 0.05) is 37.3 Å². The van der Waals surface area contributed by atoms with Gasteiger partial charge in [0.05, 0.1) is 17.4 Å². The van der Waals surface area contributed by atoms with Gasteiger partial charge in [0.1, 0.15) is 11.4 Å². The summed E-state index contributed by atoms with van der Waals surface area (Å²) in [7, 11) is -3.67. The number of carbonyl (C=O) groups excluding carboxylic acids is 2. The number of benzene rings is 2. The van der Waals surface area contributed by atoms with Crippen LogP contribution in [0.15, 0.2) is 47.5 Å². The smallest absolute Gasteiger partial charge is 0.391 e. The summed E-state index contributed by atoms with van der Waals surface area (Å²) in [6.45, 7) is 2.73. The van der Waals surface area contributed by atoms with E-state index in [-0.39, 0.29) is 55.4 Å². The normalized spacial score (nSPS) is 21.3. The van der Waals surface area contributed by atoms with Gasteiger partial charge in [0.15, 0.2) is 0 Å². The SMILES string of the molecule is Cc1cc(C(=O)N2CCC(O)C2)ccc1CCS(=O)(=O)N1CCC2(CC1)N=C(c1cccc(C(F)(F)F)c1)NC2=O. The molecule has 0 saturated carbocycles. The summed E-state index contributed by atoms with van der Waals surface area (Å²) >= 11 is 0. The molecule has 3 aliphatic heterocycles. The zero-order valence-electron chi connectivity index (χ0n) is 22.4. The van der Waals surface area contributed by atoms with E-state index in [2.05, 4.69) is 10.3 Å². The Morgan fingerprint density at radius 2 is 1.88 bits per heavy atom. The Morgan fingerprint density at radius 1 is 1.15 bits per heavy atom. The van der Waals surface area contributed by atoms with Crippen LogP contribution in [-0.2, 0) is 27.4 Å². The molecule has 1 spiro atoms. The van der Waals surface area contributed by atoms with Gasteiger partial charge in [-0.1, -0.05) is 18.2 Å². The lowest BCUT2D eigenvalue weighted by atomic mass is 9.89. The van der Waals surface area contributed by atoms with Gasteiger partial charge in [-0.2, -0.15) is 13.2 Å². The summed E-state index contributed by atoms with van der Waals surface area (Å²) in [5.74, 6) is -0.718. The van der Waals surface area contributed by atoms with Gasteiger partial charge in [-0.25, -0.2) is 12.7 Å². The zero-order chi connectivity index (χ0) is 29.6. The lowest BCUT2D eigenvalue weighted by Gasteiger charge is -2.34. The summed E-state index contributed by atoms with van der Waals surface area (Å²) in [6, 6.07) is 9.72. The molecule has 3 aliphatic rings. The van der Waals surface area contributed by atoms with Crippen LogP contribution in [0, 0.1) is 6.92 Å². The Morgan fingerprint density at radius 3 is 2.51 bits per heavy atom. The van der Waals surface area contributed by atoms with E-state index in [0.29, 0.717) is 25.1 Å². The zero-order valence-corrected chi connectivity index (χ0v) is 23.3. The minimum atomic E-state index is -4.54. The molecule has 2 aromatic carbocycles. The number of halogens is 3. The number of rotatable bonds is 6. The summed E-state index contributed by atoms with van der Waals surface area (Å²) in [4.78, 5) is 31.6. The Bertz CT molecular complexity index is 1500. The van der Waals surface area contributed by atoms with Crippen LogP contribution in [0.2, 0.25) is 0 Å². The first-order valence-corrected chi connectivity index (χ1v) is 15.0. The van der Waals surface area contributed by atoms with Gasteiger partial charge in [-0.15, -0.1) is 0 Å². The number of carbonyl (C=O) groups is 2. The number of amides is 2. The highest BCUT2D eigenvalue weighted by Crippen LogP contribution is 2.34. The molecule has 9 nitrogen and oxygen atoms in total. The van der Waals surface area contributed by atoms with Crippen molar-refractivity contribution in [3.63, 3.8) is 0 Å². The van der Waals surface area contributed by atoms with E-state index in [1.165, 1.54) is 16.4 Å². The fourth-order valence-electron chi connectivity index (χ4n) is 5.56. The number of sulfonamides is 1. The van der Waals surface area contributed by atoms with E-state index in [0.717, 1.165) is 23.3 Å². The average Bonchev–Trinajstić information content (AvgIpc) is 3.50. The monoisotopic (exact) mass is 592 g/mol. The van der Waals surface area contributed by atoms with Gasteiger partial charge in [-0.05, 0) is 68.0 Å². The van der Waals surface area contributed by atoms with Crippen LogP contribution >= 0.6 is 0 Å². The highest BCUT2D eigenvalue weighted by atomic mass is 32.2. The quantitative estimate of drug-likeness (QED) is 0.535. The number of hydrogen-bond acceptors (Lipinski definition) is 6. The fraction of sp³-hybridized carbons (Fsp3) is 0.464. The molecule has 1 unspecified atom stereocenters. The van der Waals surface area contributed by atoms with Crippen molar-refractivity contribution in [2.45, 2.75) is 50.4 Å². The highest BCUT2D eigenvalue weighted by Gasteiger charge is 2.47. The van der Waals surface area contributed by atoms with Crippen molar-refractivity contribution in [3.05, 3.63) is 70.3 Å². The average molecular weight is 593 g/mol. The number of nitrogens with one attached hydrogen (secondary N) is 1. The second-order valence-electron chi connectivity index (χ2n) is 10.8. The second-order valence-corrected chi connectivity index (χ2v) is 12.9. The Hall–Kier alpha value is -3.29. The summed E-state index contributed by atoms with van der Waals surface area (Å²) in [6.07, 6.45) is -4.03. The molecule has 2 amide bonds. The first kappa shape index (κ1) is 29.2. The number of aliphatic hydroxyl groups is 1. The van der Waals surface area contributed by atoms with E-state index < -0.39 is 39.3 Å². The minimum absolute atomic E-state index is 0.0516. The second kappa shape index (κ2) is 10.8. The third-order valence-corrected chi connectivity index (χ3v) is 9.93. The Balaban J connectivity index is 1.21. The van der Waals surface area contributed by atoms with Crippen molar-refractivity contribution in [3.8, 4) is 0 Å². The molecule has 13 heteroatoms. The van der Waals surface area contributed by atoms with Crippen molar-refractivity contribution in [2.75, 3.05) is 31.9 Å². The maximum Gasteiger partial charge on any atom is 0.416 e. The van der Waals surface area contributed by atoms with Crippen LogP contribution in [0.4, 0.5) is 13.2 Å². The molecule has 5 rings (SSSR count). The number of hydrogen-bond donors (Lipinski definition) is 2. The molecule has 2 fully saturated rings. The van der Waals surface area contributed by atoms with E-state index in [1.807, 2.05) is 6.92 Å². The van der Waals surface area contributed by atoms with Crippen molar-refractivity contribution >= 4 is 27.7 Å². The van der Waals surface area contributed by atoms with E-state index in [9.17, 15) is 36.3 Å². The molecule has 1 atom stereocenters. The predicted molar refractivity (Wildman–Crippen MR) is 145 cm³/mol. The molecule has 2 saturated heterocycles. The first-order chi connectivity index (χ1) is 19.3. The standard InChI is InChI=1S/C28H31F3N4O5S/c1-18-15-21(25(37)34-11-7-23(36)17-34)6-5-19(18)8-14-41(39,40)35-12-9-27(10-13-35)26(38)32-24(33-27)20-3-2-4-22(16-20)28(29,30)31/h2-6,15-16,23,36H,7-14,17H2,1H3,(H,32,33,38). The van der Waals surface area contributed by atoms with Crippen LogP contribution in [0.1, 0.15) is 51.9 Å². The molecule has 2 aromatic rings. The number of aliphatic hydroxyl groups excluding tert-OH is 1. The number of amidine groups is 1. The maximum absolute atomic E-state index is 13.2. The lowest BCUT2D eigenvalue weighted by Crippen LogP contribution is -2.50. The van der Waals surface area contributed by atoms with E-state index >= 15 is 0 Å². The van der Waals surface area contributed by atoms with E-state index in [1.54, 1.807) is 23.1 Å². The van der Waals surface area contributed by atoms with Crippen LogP contribution in [-0.4, -0.2) is 84.0 Å². The largest absolute Gasteiger partial charge is 0.416 e. The van der Waals surface area contributed by atoms with Crippen LogP contribution < -0.4 is 5.32 Å². The van der Waals surface area contributed by atoms with Gasteiger partial charge >= 0.3 is 6.18 Å².